The van der Waals surface area contributed by atoms with Gasteiger partial charge < -0.3 is 14.5 Å². The summed E-state index contributed by atoms with van der Waals surface area (Å²) in [4.78, 5) is 0. The van der Waals surface area contributed by atoms with E-state index < -0.39 is 0 Å². The maximum atomic E-state index is 6.14. The van der Waals surface area contributed by atoms with Crippen LogP contribution >= 0.6 is 0 Å². The average molecular weight is 329 g/mol. The number of hydrogen-bond donors (Lipinski definition) is 1. The van der Waals surface area contributed by atoms with Crippen LogP contribution in [0.5, 0.6) is 5.75 Å². The highest BCUT2D eigenvalue weighted by Gasteiger charge is 2.33. The molecule has 1 saturated carbocycles. The number of fused-ring (bicyclic) bond motifs is 1. The standard InChI is InChI=1S/C21H31NO2/c1-7-21(5,6)19-11-14-10-16(8-9-18(14)24-19)23-17-12-15(13-17)22-20(2,3)4/h8-11,15,17,22H,7,12-13H2,1-6H3. The van der Waals surface area contributed by atoms with Crippen molar-refractivity contribution in [1.82, 2.24) is 5.32 Å². The van der Waals surface area contributed by atoms with Crippen molar-refractivity contribution in [2.75, 3.05) is 0 Å². The fourth-order valence-electron chi connectivity index (χ4n) is 3.19. The lowest BCUT2D eigenvalue weighted by atomic mass is 9.87. The Balaban J connectivity index is 1.65. The topological polar surface area (TPSA) is 34.4 Å². The third-order valence-electron chi connectivity index (χ3n) is 5.07. The van der Waals surface area contributed by atoms with Crippen LogP contribution < -0.4 is 10.1 Å². The lowest BCUT2D eigenvalue weighted by Crippen LogP contribution is -2.53. The number of hydrogen-bond acceptors (Lipinski definition) is 3. The molecule has 3 nitrogen and oxygen atoms in total. The third-order valence-corrected chi connectivity index (χ3v) is 5.07. The Bertz CT molecular complexity index is 702. The molecule has 0 spiro atoms. The molecule has 24 heavy (non-hydrogen) atoms. The molecule has 0 bridgehead atoms. The Morgan fingerprint density at radius 3 is 2.46 bits per heavy atom. The number of nitrogens with one attached hydrogen (secondary N) is 1. The van der Waals surface area contributed by atoms with Gasteiger partial charge in [-0.1, -0.05) is 20.8 Å². The van der Waals surface area contributed by atoms with Gasteiger partial charge in [0.2, 0.25) is 0 Å². The van der Waals surface area contributed by atoms with E-state index in [1.54, 1.807) is 0 Å². The molecule has 1 aliphatic carbocycles. The van der Waals surface area contributed by atoms with Crippen LogP contribution in [-0.2, 0) is 5.41 Å². The SMILES string of the molecule is CCC(C)(C)c1cc2cc(OC3CC(NC(C)(C)C)C3)ccc2o1. The summed E-state index contributed by atoms with van der Waals surface area (Å²) >= 11 is 0. The molecule has 0 saturated heterocycles. The molecule has 1 aromatic heterocycles. The summed E-state index contributed by atoms with van der Waals surface area (Å²) in [7, 11) is 0. The van der Waals surface area contributed by atoms with Gasteiger partial charge in [0.15, 0.2) is 0 Å². The molecule has 1 aromatic carbocycles. The molecule has 1 aliphatic rings. The van der Waals surface area contributed by atoms with Crippen LogP contribution in [0.4, 0.5) is 0 Å². The first-order valence-electron chi connectivity index (χ1n) is 9.15. The zero-order chi connectivity index (χ0) is 17.5. The summed E-state index contributed by atoms with van der Waals surface area (Å²) in [6.45, 7) is 13.3. The first kappa shape index (κ1) is 17.3. The van der Waals surface area contributed by atoms with Gasteiger partial charge in [-0.3, -0.25) is 0 Å². The summed E-state index contributed by atoms with van der Waals surface area (Å²) in [5.41, 5.74) is 1.19. The van der Waals surface area contributed by atoms with Crippen LogP contribution in [0.25, 0.3) is 11.0 Å². The van der Waals surface area contributed by atoms with Gasteiger partial charge in [0.1, 0.15) is 23.2 Å². The summed E-state index contributed by atoms with van der Waals surface area (Å²) < 4.78 is 12.2. The van der Waals surface area contributed by atoms with Crippen molar-refractivity contribution in [3.63, 3.8) is 0 Å². The minimum absolute atomic E-state index is 0.0693. The molecule has 0 aliphatic heterocycles. The Morgan fingerprint density at radius 1 is 1.12 bits per heavy atom. The van der Waals surface area contributed by atoms with Crippen LogP contribution in [0.3, 0.4) is 0 Å². The van der Waals surface area contributed by atoms with Gasteiger partial charge >= 0.3 is 0 Å². The fraction of sp³-hybridized carbons (Fsp3) is 0.619. The van der Waals surface area contributed by atoms with Crippen LogP contribution in [0.15, 0.2) is 28.7 Å². The van der Waals surface area contributed by atoms with Crippen LogP contribution in [0.1, 0.15) is 66.6 Å². The van der Waals surface area contributed by atoms with E-state index in [4.69, 9.17) is 9.15 Å². The van der Waals surface area contributed by atoms with E-state index in [1.165, 1.54) is 0 Å². The molecular formula is C21H31NO2. The molecular weight excluding hydrogens is 298 g/mol. The van der Waals surface area contributed by atoms with Crippen molar-refractivity contribution in [1.29, 1.82) is 0 Å². The third kappa shape index (κ3) is 3.77. The van der Waals surface area contributed by atoms with Crippen molar-refractivity contribution >= 4 is 11.0 Å². The van der Waals surface area contributed by atoms with Crippen molar-refractivity contribution in [2.45, 2.75) is 83.9 Å². The summed E-state index contributed by atoms with van der Waals surface area (Å²) in [6.07, 6.45) is 3.53. The molecule has 0 atom stereocenters. The number of furan rings is 1. The fourth-order valence-corrected chi connectivity index (χ4v) is 3.19. The minimum atomic E-state index is 0.0693. The van der Waals surface area contributed by atoms with E-state index in [2.05, 4.69) is 59.0 Å². The van der Waals surface area contributed by atoms with Crippen LogP contribution in [0, 0.1) is 0 Å². The number of ether oxygens (including phenoxy) is 1. The average Bonchev–Trinajstić information content (AvgIpc) is 2.87. The molecule has 1 N–H and O–H groups in total. The zero-order valence-corrected chi connectivity index (χ0v) is 15.9. The van der Waals surface area contributed by atoms with Crippen molar-refractivity contribution in [3.05, 3.63) is 30.0 Å². The highest BCUT2D eigenvalue weighted by molar-refractivity contribution is 5.79. The highest BCUT2D eigenvalue weighted by Crippen LogP contribution is 2.34. The predicted octanol–water partition coefficient (Wildman–Crippen LogP) is 5.42. The maximum absolute atomic E-state index is 6.14. The van der Waals surface area contributed by atoms with E-state index in [9.17, 15) is 0 Å². The second kappa shape index (κ2) is 6.11. The van der Waals surface area contributed by atoms with Crippen molar-refractivity contribution in [3.8, 4) is 5.75 Å². The summed E-state index contributed by atoms with van der Waals surface area (Å²) in [5, 5.41) is 4.76. The van der Waals surface area contributed by atoms with E-state index in [0.29, 0.717) is 12.1 Å². The molecule has 0 radical (unpaired) electrons. The van der Waals surface area contributed by atoms with E-state index >= 15 is 0 Å². The van der Waals surface area contributed by atoms with Crippen molar-refractivity contribution < 1.29 is 9.15 Å². The largest absolute Gasteiger partial charge is 0.490 e. The lowest BCUT2D eigenvalue weighted by molar-refractivity contribution is 0.0735. The Kier molecular flexibility index (Phi) is 4.41. The quantitative estimate of drug-likeness (QED) is 0.795. The molecule has 2 aromatic rings. The monoisotopic (exact) mass is 329 g/mol. The maximum Gasteiger partial charge on any atom is 0.134 e. The van der Waals surface area contributed by atoms with Crippen LogP contribution in [0.2, 0.25) is 0 Å². The first-order valence-corrected chi connectivity index (χ1v) is 9.15. The van der Waals surface area contributed by atoms with Gasteiger partial charge in [0, 0.05) is 22.4 Å². The molecule has 0 amide bonds. The number of rotatable bonds is 5. The second-order valence-corrected chi connectivity index (χ2v) is 8.85. The van der Waals surface area contributed by atoms with E-state index in [-0.39, 0.29) is 11.0 Å². The molecule has 3 heteroatoms. The molecule has 0 unspecified atom stereocenters. The normalized spacial score (nSPS) is 21.8. The number of benzene rings is 1. The Labute approximate surface area is 145 Å². The summed E-state index contributed by atoms with van der Waals surface area (Å²) in [6, 6.07) is 8.90. The lowest BCUT2D eigenvalue weighted by Gasteiger charge is -2.40. The van der Waals surface area contributed by atoms with Gasteiger partial charge in [0.25, 0.3) is 0 Å². The highest BCUT2D eigenvalue weighted by atomic mass is 16.5. The Morgan fingerprint density at radius 2 is 1.83 bits per heavy atom. The zero-order valence-electron chi connectivity index (χ0n) is 15.9. The van der Waals surface area contributed by atoms with Gasteiger partial charge in [-0.05, 0) is 64.3 Å². The summed E-state index contributed by atoms with van der Waals surface area (Å²) in [5.74, 6) is 2.00. The molecule has 3 rings (SSSR count). The van der Waals surface area contributed by atoms with Crippen molar-refractivity contribution in [2.24, 2.45) is 0 Å². The van der Waals surface area contributed by atoms with Gasteiger partial charge in [-0.2, -0.15) is 0 Å². The van der Waals surface area contributed by atoms with Crippen LogP contribution in [-0.4, -0.2) is 17.7 Å². The van der Waals surface area contributed by atoms with E-state index in [1.807, 2.05) is 12.1 Å². The van der Waals surface area contributed by atoms with Gasteiger partial charge in [-0.25, -0.2) is 0 Å². The second-order valence-electron chi connectivity index (χ2n) is 8.85. The van der Waals surface area contributed by atoms with Gasteiger partial charge in [0.05, 0.1) is 0 Å². The van der Waals surface area contributed by atoms with E-state index in [0.717, 1.165) is 41.7 Å². The smallest absolute Gasteiger partial charge is 0.134 e. The molecule has 1 fully saturated rings. The first-order chi connectivity index (χ1) is 11.2. The molecule has 1 heterocycles. The molecule has 132 valence electrons. The predicted molar refractivity (Wildman–Crippen MR) is 99.9 cm³/mol. The minimum Gasteiger partial charge on any atom is -0.490 e. The Hall–Kier alpha value is -1.48. The van der Waals surface area contributed by atoms with Gasteiger partial charge in [-0.15, -0.1) is 0 Å².